The summed E-state index contributed by atoms with van der Waals surface area (Å²) in [6.45, 7) is 3.20. The molecule has 0 spiro atoms. The minimum atomic E-state index is 0.452. The lowest BCUT2D eigenvalue weighted by molar-refractivity contribution is 0.536. The van der Waals surface area contributed by atoms with Crippen molar-refractivity contribution in [2.75, 3.05) is 0 Å². The van der Waals surface area contributed by atoms with E-state index in [0.717, 1.165) is 18.7 Å². The molecule has 0 radical (unpaired) electrons. The van der Waals surface area contributed by atoms with Gasteiger partial charge in [-0.2, -0.15) is 0 Å². The number of rotatable bonds is 1. The van der Waals surface area contributed by atoms with Gasteiger partial charge in [-0.3, -0.25) is 4.98 Å². The maximum Gasteiger partial charge on any atom is 0.148 e. The van der Waals surface area contributed by atoms with Crippen molar-refractivity contribution in [1.82, 2.24) is 14.5 Å². The van der Waals surface area contributed by atoms with E-state index in [1.807, 2.05) is 0 Å². The zero-order valence-electron chi connectivity index (χ0n) is 9.78. The summed E-state index contributed by atoms with van der Waals surface area (Å²) in [6, 6.07) is 2.26. The molecule has 3 rings (SSSR count). The number of fused-ring (bicyclic) bond motifs is 1. The van der Waals surface area contributed by atoms with Gasteiger partial charge in [0.1, 0.15) is 10.8 Å². The highest BCUT2D eigenvalue weighted by Crippen LogP contribution is 2.29. The van der Waals surface area contributed by atoms with Crippen LogP contribution in [0, 0.1) is 6.92 Å². The predicted octanol–water partition coefficient (Wildman–Crippen LogP) is 3.24. The lowest BCUT2D eigenvalue weighted by Gasteiger charge is -2.17. The number of nitrogens with zero attached hydrogens (tertiary/aromatic N) is 3. The van der Waals surface area contributed by atoms with E-state index >= 15 is 0 Å². The largest absolute Gasteiger partial charge is 0.343 e. The minimum Gasteiger partial charge on any atom is -0.343 e. The van der Waals surface area contributed by atoms with Crippen molar-refractivity contribution in [1.29, 1.82) is 0 Å². The first-order chi connectivity index (χ1) is 8.25. The molecule has 0 aliphatic carbocycles. The summed E-state index contributed by atoms with van der Waals surface area (Å²) >= 11 is 5.91. The molecule has 0 fully saturated rings. The Morgan fingerprint density at radius 2 is 2.18 bits per heavy atom. The molecule has 4 heteroatoms. The third kappa shape index (κ3) is 1.84. The Morgan fingerprint density at radius 3 is 3.00 bits per heavy atom. The highest BCUT2D eigenvalue weighted by atomic mass is 35.5. The average Bonchev–Trinajstić information content (AvgIpc) is 2.64. The summed E-state index contributed by atoms with van der Waals surface area (Å²) < 4.78 is 2.36. The fraction of sp³-hybridized carbons (Fsp3) is 0.385. The topological polar surface area (TPSA) is 30.7 Å². The highest BCUT2D eigenvalue weighted by Gasteiger charge is 2.18. The van der Waals surface area contributed by atoms with E-state index in [2.05, 4.69) is 27.5 Å². The Kier molecular flexibility index (Phi) is 2.63. The maximum absolute atomic E-state index is 5.91. The van der Waals surface area contributed by atoms with E-state index in [4.69, 9.17) is 11.6 Å². The van der Waals surface area contributed by atoms with Crippen LogP contribution in [0.3, 0.4) is 0 Å². The van der Waals surface area contributed by atoms with Crippen molar-refractivity contribution in [3.05, 3.63) is 34.9 Å². The lowest BCUT2D eigenvalue weighted by Crippen LogP contribution is -2.11. The monoisotopic (exact) mass is 247 g/mol. The van der Waals surface area contributed by atoms with Crippen LogP contribution in [0.25, 0.3) is 11.4 Å². The molecule has 88 valence electrons. The summed E-state index contributed by atoms with van der Waals surface area (Å²) in [5.41, 5.74) is 4.72. The van der Waals surface area contributed by atoms with Crippen LogP contribution < -0.4 is 0 Å². The zero-order valence-corrected chi connectivity index (χ0v) is 10.5. The third-order valence-electron chi connectivity index (χ3n) is 3.29. The second kappa shape index (κ2) is 4.15. The number of halogens is 1. The summed E-state index contributed by atoms with van der Waals surface area (Å²) in [7, 11) is 0. The Hall–Kier alpha value is -1.35. The van der Waals surface area contributed by atoms with Crippen LogP contribution in [0.5, 0.6) is 0 Å². The number of aryl methyl sites for hydroxylation is 2. The number of aromatic nitrogens is 3. The van der Waals surface area contributed by atoms with Gasteiger partial charge in [-0.05, 0) is 37.8 Å². The van der Waals surface area contributed by atoms with Crippen molar-refractivity contribution >= 4 is 11.6 Å². The van der Waals surface area contributed by atoms with Crippen molar-refractivity contribution in [2.24, 2.45) is 0 Å². The Morgan fingerprint density at radius 1 is 1.29 bits per heavy atom. The van der Waals surface area contributed by atoms with E-state index in [9.17, 15) is 0 Å². The molecule has 1 aliphatic rings. The van der Waals surface area contributed by atoms with Gasteiger partial charge in [0.25, 0.3) is 0 Å². The molecular formula is C13H14ClN3. The van der Waals surface area contributed by atoms with Gasteiger partial charge in [0.05, 0.1) is 18.1 Å². The smallest absolute Gasteiger partial charge is 0.148 e. The summed E-state index contributed by atoms with van der Waals surface area (Å²) in [4.78, 5) is 8.49. The van der Waals surface area contributed by atoms with Crippen molar-refractivity contribution in [3.63, 3.8) is 0 Å². The van der Waals surface area contributed by atoms with E-state index in [1.54, 1.807) is 12.4 Å². The van der Waals surface area contributed by atoms with Gasteiger partial charge in [-0.15, -0.1) is 0 Å². The molecular weight excluding hydrogens is 234 g/mol. The van der Waals surface area contributed by atoms with Gasteiger partial charge >= 0.3 is 0 Å². The Balaban J connectivity index is 2.17. The van der Waals surface area contributed by atoms with Gasteiger partial charge in [-0.1, -0.05) is 11.6 Å². The third-order valence-corrected chi connectivity index (χ3v) is 3.47. The summed E-state index contributed by atoms with van der Waals surface area (Å²) in [6.07, 6.45) is 7.04. The lowest BCUT2D eigenvalue weighted by atomic mass is 10.1. The normalized spacial score (nSPS) is 14.7. The zero-order chi connectivity index (χ0) is 11.8. The molecule has 3 nitrogen and oxygen atoms in total. The van der Waals surface area contributed by atoms with Crippen LogP contribution in [-0.4, -0.2) is 14.5 Å². The minimum absolute atomic E-state index is 0.452. The van der Waals surface area contributed by atoms with Crippen LogP contribution >= 0.6 is 11.6 Å². The average molecular weight is 248 g/mol. The standard InChI is InChI=1S/C13H14ClN3/c1-9-6-10-4-2-3-5-17(10)13(9)11-7-15-8-12(14)16-11/h6-8H,2-5H2,1H3. The van der Waals surface area contributed by atoms with Crippen LogP contribution in [0.2, 0.25) is 5.15 Å². The van der Waals surface area contributed by atoms with Gasteiger partial charge in [0.15, 0.2) is 0 Å². The van der Waals surface area contributed by atoms with E-state index in [1.165, 1.54) is 29.8 Å². The van der Waals surface area contributed by atoms with Crippen LogP contribution in [0.4, 0.5) is 0 Å². The van der Waals surface area contributed by atoms with Crippen LogP contribution in [0.1, 0.15) is 24.1 Å². The quantitative estimate of drug-likeness (QED) is 0.775. The Bertz CT molecular complexity index is 560. The fourth-order valence-electron chi connectivity index (χ4n) is 2.59. The first kappa shape index (κ1) is 10.8. The van der Waals surface area contributed by atoms with Gasteiger partial charge in [0.2, 0.25) is 0 Å². The second-order valence-corrected chi connectivity index (χ2v) is 4.89. The molecule has 0 amide bonds. The molecule has 1 aliphatic heterocycles. The summed E-state index contributed by atoms with van der Waals surface area (Å²) in [5, 5.41) is 0.452. The summed E-state index contributed by atoms with van der Waals surface area (Å²) in [5.74, 6) is 0. The SMILES string of the molecule is Cc1cc2n(c1-c1cncc(Cl)n1)CCCC2. The number of hydrogen-bond donors (Lipinski definition) is 0. The van der Waals surface area contributed by atoms with E-state index in [0.29, 0.717) is 5.15 Å². The van der Waals surface area contributed by atoms with Crippen LogP contribution in [0.15, 0.2) is 18.5 Å². The molecule has 0 atom stereocenters. The van der Waals surface area contributed by atoms with Crippen LogP contribution in [-0.2, 0) is 13.0 Å². The fourth-order valence-corrected chi connectivity index (χ4v) is 2.74. The predicted molar refractivity (Wildman–Crippen MR) is 68.1 cm³/mol. The van der Waals surface area contributed by atoms with E-state index < -0.39 is 0 Å². The second-order valence-electron chi connectivity index (χ2n) is 4.50. The van der Waals surface area contributed by atoms with Crippen molar-refractivity contribution in [2.45, 2.75) is 32.7 Å². The first-order valence-electron chi connectivity index (χ1n) is 5.92. The highest BCUT2D eigenvalue weighted by molar-refractivity contribution is 6.29. The molecule has 0 bridgehead atoms. The van der Waals surface area contributed by atoms with Gasteiger partial charge in [-0.25, -0.2) is 4.98 Å². The molecule has 3 heterocycles. The molecule has 2 aromatic heterocycles. The van der Waals surface area contributed by atoms with Gasteiger partial charge in [0, 0.05) is 12.2 Å². The molecule has 2 aromatic rings. The molecule has 0 saturated heterocycles. The molecule has 0 aromatic carbocycles. The molecule has 17 heavy (non-hydrogen) atoms. The molecule has 0 N–H and O–H groups in total. The first-order valence-corrected chi connectivity index (χ1v) is 6.30. The molecule has 0 saturated carbocycles. The van der Waals surface area contributed by atoms with Crippen molar-refractivity contribution in [3.8, 4) is 11.4 Å². The van der Waals surface area contributed by atoms with Crippen molar-refractivity contribution < 1.29 is 0 Å². The Labute approximate surface area is 105 Å². The number of hydrogen-bond acceptors (Lipinski definition) is 2. The van der Waals surface area contributed by atoms with Gasteiger partial charge < -0.3 is 4.57 Å². The molecule has 0 unspecified atom stereocenters. The van der Waals surface area contributed by atoms with E-state index in [-0.39, 0.29) is 0 Å². The maximum atomic E-state index is 5.91.